The predicted octanol–water partition coefficient (Wildman–Crippen LogP) is 5.29. The van der Waals surface area contributed by atoms with Gasteiger partial charge in [-0.1, -0.05) is 0 Å². The first-order valence-electron chi connectivity index (χ1n) is 10.8. The predicted molar refractivity (Wildman–Crippen MR) is 125 cm³/mol. The van der Waals surface area contributed by atoms with Crippen LogP contribution < -0.4 is 15.0 Å². The van der Waals surface area contributed by atoms with E-state index in [0.717, 1.165) is 36.1 Å². The number of nitrogens with one attached hydrogen (secondary N) is 1. The summed E-state index contributed by atoms with van der Waals surface area (Å²) in [5.41, 5.74) is 1.87. The highest BCUT2D eigenvalue weighted by molar-refractivity contribution is 7.18. The van der Waals surface area contributed by atoms with E-state index in [1.54, 1.807) is 29.5 Å². The quantitative estimate of drug-likeness (QED) is 0.321. The maximum Gasteiger partial charge on any atom is 0.343 e. The number of thiophene rings is 1. The highest BCUT2D eigenvalue weighted by Crippen LogP contribution is 2.36. The van der Waals surface area contributed by atoms with Gasteiger partial charge in [-0.25, -0.2) is 14.2 Å². The minimum Gasteiger partial charge on any atom is -0.490 e. The summed E-state index contributed by atoms with van der Waals surface area (Å²) < 4.78 is 24.3. The van der Waals surface area contributed by atoms with Crippen LogP contribution in [0.4, 0.5) is 4.39 Å². The van der Waals surface area contributed by atoms with E-state index in [2.05, 4.69) is 4.98 Å². The largest absolute Gasteiger partial charge is 0.490 e. The number of carbonyl (C=O) groups excluding carboxylic acids is 1. The third-order valence-electron chi connectivity index (χ3n) is 5.62. The second-order valence-electron chi connectivity index (χ2n) is 7.80. The van der Waals surface area contributed by atoms with E-state index < -0.39 is 11.8 Å². The number of rotatable bonds is 5. The van der Waals surface area contributed by atoms with Crippen molar-refractivity contribution in [3.8, 4) is 22.9 Å². The Morgan fingerprint density at radius 3 is 2.70 bits per heavy atom. The molecule has 4 aromatic rings. The number of aryl methyl sites for hydroxylation is 2. The lowest BCUT2D eigenvalue weighted by Crippen LogP contribution is -2.12. The number of hydrogen-bond acceptors (Lipinski definition) is 6. The normalized spacial score (nSPS) is 13.0. The van der Waals surface area contributed by atoms with E-state index in [9.17, 15) is 14.0 Å². The van der Waals surface area contributed by atoms with Crippen LogP contribution in [0.5, 0.6) is 11.5 Å². The zero-order valence-corrected chi connectivity index (χ0v) is 18.8. The van der Waals surface area contributed by atoms with Crippen molar-refractivity contribution >= 4 is 27.5 Å². The van der Waals surface area contributed by atoms with Gasteiger partial charge < -0.3 is 14.5 Å². The van der Waals surface area contributed by atoms with Gasteiger partial charge in [0.05, 0.1) is 17.6 Å². The average molecular weight is 465 g/mol. The van der Waals surface area contributed by atoms with Crippen LogP contribution in [0.3, 0.4) is 0 Å². The summed E-state index contributed by atoms with van der Waals surface area (Å²) in [6.45, 7) is 2.17. The Hall–Kier alpha value is -3.52. The maximum atomic E-state index is 13.1. The number of ether oxygens (including phenoxy) is 2. The number of carbonyl (C=O) groups is 1. The summed E-state index contributed by atoms with van der Waals surface area (Å²) in [6, 6.07) is 10.1. The molecule has 0 spiro atoms. The number of hydrogen-bond donors (Lipinski definition) is 1. The Morgan fingerprint density at radius 1 is 1.12 bits per heavy atom. The lowest BCUT2D eigenvalue weighted by molar-refractivity contribution is 0.0728. The van der Waals surface area contributed by atoms with Crippen molar-refractivity contribution in [2.24, 2.45) is 0 Å². The molecular weight excluding hydrogens is 443 g/mol. The molecule has 5 rings (SSSR count). The fraction of sp³-hybridized carbons (Fsp3) is 0.240. The van der Waals surface area contributed by atoms with E-state index in [1.165, 1.54) is 29.1 Å². The molecule has 2 aromatic carbocycles. The number of halogens is 1. The van der Waals surface area contributed by atoms with Crippen molar-refractivity contribution in [3.05, 3.63) is 74.6 Å². The second-order valence-corrected chi connectivity index (χ2v) is 8.88. The molecule has 8 heteroatoms. The van der Waals surface area contributed by atoms with Gasteiger partial charge in [-0.05, 0) is 80.6 Å². The van der Waals surface area contributed by atoms with Gasteiger partial charge in [-0.15, -0.1) is 11.3 Å². The summed E-state index contributed by atoms with van der Waals surface area (Å²) in [6.07, 6.45) is 4.14. The molecule has 2 aromatic heterocycles. The Bertz CT molecular complexity index is 1410. The van der Waals surface area contributed by atoms with Crippen LogP contribution in [0.25, 0.3) is 21.6 Å². The fourth-order valence-corrected chi connectivity index (χ4v) is 5.32. The van der Waals surface area contributed by atoms with E-state index in [0.29, 0.717) is 29.1 Å². The molecule has 1 N–H and O–H groups in total. The van der Waals surface area contributed by atoms with Crippen molar-refractivity contribution < 1.29 is 18.7 Å². The molecule has 0 unspecified atom stereocenters. The maximum absolute atomic E-state index is 13.1. The molecule has 0 amide bonds. The average Bonchev–Trinajstić information content (AvgIpc) is 3.20. The lowest BCUT2D eigenvalue weighted by atomic mass is 9.97. The third kappa shape index (κ3) is 4.14. The van der Waals surface area contributed by atoms with Gasteiger partial charge in [-0.2, -0.15) is 0 Å². The van der Waals surface area contributed by atoms with Gasteiger partial charge in [0.25, 0.3) is 5.56 Å². The number of fused-ring (bicyclic) bond motifs is 3. The summed E-state index contributed by atoms with van der Waals surface area (Å²) in [7, 11) is 0. The number of aromatic nitrogens is 2. The van der Waals surface area contributed by atoms with Crippen LogP contribution in [0.15, 0.2) is 47.3 Å². The van der Waals surface area contributed by atoms with E-state index in [-0.39, 0.29) is 16.9 Å². The van der Waals surface area contributed by atoms with Gasteiger partial charge in [-0.3, -0.25) is 4.79 Å². The minimum atomic E-state index is -0.624. The molecule has 0 aliphatic heterocycles. The molecule has 0 fully saturated rings. The minimum absolute atomic E-state index is 0.140. The van der Waals surface area contributed by atoms with Crippen molar-refractivity contribution in [2.75, 3.05) is 6.61 Å². The molecule has 168 valence electrons. The van der Waals surface area contributed by atoms with Gasteiger partial charge in [0.1, 0.15) is 16.5 Å². The monoisotopic (exact) mass is 464 g/mol. The lowest BCUT2D eigenvalue weighted by Gasteiger charge is -2.12. The van der Waals surface area contributed by atoms with E-state index >= 15 is 0 Å². The van der Waals surface area contributed by atoms with Crippen molar-refractivity contribution in [1.29, 1.82) is 0 Å². The van der Waals surface area contributed by atoms with Crippen molar-refractivity contribution in [1.82, 2.24) is 9.97 Å². The number of H-pyrrole nitrogens is 1. The van der Waals surface area contributed by atoms with Gasteiger partial charge in [0.2, 0.25) is 0 Å². The fourth-order valence-electron chi connectivity index (χ4n) is 4.05. The summed E-state index contributed by atoms with van der Waals surface area (Å²) in [4.78, 5) is 35.0. The molecule has 0 saturated heterocycles. The first-order valence-corrected chi connectivity index (χ1v) is 11.6. The highest BCUT2D eigenvalue weighted by Gasteiger charge is 2.21. The zero-order chi connectivity index (χ0) is 22.9. The summed E-state index contributed by atoms with van der Waals surface area (Å²) in [5, 5.41) is 0.702. The van der Waals surface area contributed by atoms with Crippen LogP contribution in [0, 0.1) is 5.82 Å². The summed E-state index contributed by atoms with van der Waals surface area (Å²) in [5.74, 6) is -0.0520. The molecule has 0 atom stereocenters. The highest BCUT2D eigenvalue weighted by atomic mass is 32.1. The van der Waals surface area contributed by atoms with Crippen LogP contribution >= 0.6 is 11.3 Å². The van der Waals surface area contributed by atoms with Gasteiger partial charge >= 0.3 is 5.97 Å². The van der Waals surface area contributed by atoms with Gasteiger partial charge in [0, 0.05) is 10.4 Å². The standard InChI is InChI=1S/C25H21FN2O4S/c1-2-31-19-13-15(9-12-18(19)32-25(30)14-7-10-16(26)11-8-14)22-27-23(29)21-17-5-3-4-6-20(17)33-24(21)28-22/h7-13H,2-6H2,1H3,(H,27,28,29). The molecule has 1 aliphatic carbocycles. The Kier molecular flexibility index (Phi) is 5.68. The smallest absolute Gasteiger partial charge is 0.343 e. The third-order valence-corrected chi connectivity index (χ3v) is 6.81. The summed E-state index contributed by atoms with van der Waals surface area (Å²) >= 11 is 1.59. The Balaban J connectivity index is 1.49. The molecule has 6 nitrogen and oxygen atoms in total. The molecule has 33 heavy (non-hydrogen) atoms. The van der Waals surface area contributed by atoms with Crippen molar-refractivity contribution in [2.45, 2.75) is 32.6 Å². The van der Waals surface area contributed by atoms with E-state index in [4.69, 9.17) is 14.5 Å². The first kappa shape index (κ1) is 21.3. The molecule has 0 radical (unpaired) electrons. The Labute approximate surface area is 193 Å². The zero-order valence-electron chi connectivity index (χ0n) is 17.9. The van der Waals surface area contributed by atoms with Crippen LogP contribution in [0.1, 0.15) is 40.6 Å². The second kappa shape index (κ2) is 8.78. The molecular formula is C25H21FN2O4S. The molecule has 0 bridgehead atoms. The molecule has 2 heterocycles. The molecule has 1 aliphatic rings. The number of nitrogens with zero attached hydrogens (tertiary/aromatic N) is 1. The molecule has 0 saturated carbocycles. The van der Waals surface area contributed by atoms with Crippen LogP contribution in [0.2, 0.25) is 0 Å². The van der Waals surface area contributed by atoms with Gasteiger partial charge in [0.15, 0.2) is 11.5 Å². The number of aromatic amines is 1. The van der Waals surface area contributed by atoms with Crippen LogP contribution in [-0.4, -0.2) is 22.5 Å². The number of esters is 1. The SMILES string of the molecule is CCOc1cc(-c2nc3sc4c(c3c(=O)[nH]2)CCCC4)ccc1OC(=O)c1ccc(F)cc1. The van der Waals surface area contributed by atoms with E-state index in [1.807, 2.05) is 6.92 Å². The number of benzene rings is 2. The van der Waals surface area contributed by atoms with Crippen LogP contribution in [-0.2, 0) is 12.8 Å². The Morgan fingerprint density at radius 2 is 1.91 bits per heavy atom. The first-order chi connectivity index (χ1) is 16.0. The van der Waals surface area contributed by atoms with Crippen molar-refractivity contribution in [3.63, 3.8) is 0 Å². The topological polar surface area (TPSA) is 81.3 Å².